The van der Waals surface area contributed by atoms with Gasteiger partial charge < -0.3 is 10.7 Å². The zero-order valence-electron chi connectivity index (χ0n) is 11.7. The number of rotatable bonds is 8. The summed E-state index contributed by atoms with van der Waals surface area (Å²) in [7, 11) is 0. The maximum absolute atomic E-state index is 5.40. The van der Waals surface area contributed by atoms with Gasteiger partial charge in [-0.2, -0.15) is 0 Å². The van der Waals surface area contributed by atoms with Crippen molar-refractivity contribution < 1.29 is 0 Å². The van der Waals surface area contributed by atoms with Gasteiger partial charge in [-0.1, -0.05) is 32.6 Å². The van der Waals surface area contributed by atoms with Crippen LogP contribution in [-0.2, 0) is 0 Å². The van der Waals surface area contributed by atoms with Gasteiger partial charge in [-0.15, -0.1) is 0 Å². The first-order valence-corrected chi connectivity index (χ1v) is 6.73. The van der Waals surface area contributed by atoms with Crippen molar-refractivity contribution in [3.05, 3.63) is 11.9 Å². The van der Waals surface area contributed by atoms with Gasteiger partial charge in [0.15, 0.2) is 0 Å². The summed E-state index contributed by atoms with van der Waals surface area (Å²) < 4.78 is 0. The van der Waals surface area contributed by atoms with Gasteiger partial charge >= 0.3 is 0 Å². The number of hydrogen-bond donors (Lipinski definition) is 3. The lowest BCUT2D eigenvalue weighted by Crippen LogP contribution is -2.18. The maximum Gasteiger partial charge on any atom is 0.148 e. The van der Waals surface area contributed by atoms with E-state index in [-0.39, 0.29) is 0 Å². The molecule has 1 unspecified atom stereocenters. The molecule has 0 radical (unpaired) electrons. The summed E-state index contributed by atoms with van der Waals surface area (Å²) in [5.41, 5.74) is 3.54. The van der Waals surface area contributed by atoms with E-state index in [0.717, 1.165) is 17.8 Å². The van der Waals surface area contributed by atoms with Crippen LogP contribution < -0.4 is 16.6 Å². The molecule has 0 aliphatic rings. The Bertz CT molecular complexity index is 353. The van der Waals surface area contributed by atoms with Gasteiger partial charge in [0, 0.05) is 11.6 Å². The molecule has 0 amide bonds. The van der Waals surface area contributed by atoms with Crippen LogP contribution in [0.15, 0.2) is 6.33 Å². The molecule has 1 atom stereocenters. The molecule has 0 spiro atoms. The number of aromatic nitrogens is 2. The van der Waals surface area contributed by atoms with Crippen molar-refractivity contribution >= 4 is 11.6 Å². The first kappa shape index (κ1) is 14.7. The molecule has 0 fully saturated rings. The fraction of sp³-hybridized carbons (Fsp3) is 0.692. The van der Waals surface area contributed by atoms with E-state index in [1.807, 2.05) is 6.92 Å². The molecular formula is C13H25N5. The first-order chi connectivity index (χ1) is 8.69. The molecule has 0 saturated heterocycles. The predicted molar refractivity (Wildman–Crippen MR) is 76.4 cm³/mol. The van der Waals surface area contributed by atoms with Crippen molar-refractivity contribution in [3.63, 3.8) is 0 Å². The lowest BCUT2D eigenvalue weighted by atomic mass is 10.1. The average Bonchev–Trinajstić information content (AvgIpc) is 2.37. The first-order valence-electron chi connectivity index (χ1n) is 6.73. The topological polar surface area (TPSA) is 75.9 Å². The molecule has 0 aliphatic carbocycles. The second-order valence-electron chi connectivity index (χ2n) is 4.73. The number of nitrogens with one attached hydrogen (secondary N) is 2. The van der Waals surface area contributed by atoms with Gasteiger partial charge in [0.1, 0.15) is 18.0 Å². The normalized spacial score (nSPS) is 12.2. The van der Waals surface area contributed by atoms with Gasteiger partial charge in [0.05, 0.1) is 0 Å². The second kappa shape index (κ2) is 7.87. The van der Waals surface area contributed by atoms with Gasteiger partial charge in [-0.05, 0) is 20.3 Å². The van der Waals surface area contributed by atoms with Crippen molar-refractivity contribution in [1.82, 2.24) is 9.97 Å². The molecule has 1 rings (SSSR count). The zero-order valence-corrected chi connectivity index (χ0v) is 11.7. The Labute approximate surface area is 110 Å². The lowest BCUT2D eigenvalue weighted by molar-refractivity contribution is 0.592. The predicted octanol–water partition coefficient (Wildman–Crippen LogP) is 2.84. The highest BCUT2D eigenvalue weighted by atomic mass is 15.3. The minimum absolute atomic E-state index is 0.418. The van der Waals surface area contributed by atoms with Crippen molar-refractivity contribution in [3.8, 4) is 0 Å². The number of hydrogen-bond acceptors (Lipinski definition) is 5. The molecule has 4 N–H and O–H groups in total. The third-order valence-corrected chi connectivity index (χ3v) is 3.09. The highest BCUT2D eigenvalue weighted by Crippen LogP contribution is 2.19. The van der Waals surface area contributed by atoms with Crippen LogP contribution in [-0.4, -0.2) is 16.0 Å². The SMILES string of the molecule is CCCCCCC(C)Nc1ncnc(NN)c1C. The van der Waals surface area contributed by atoms with Gasteiger partial charge in [0.2, 0.25) is 0 Å². The Morgan fingerprint density at radius 3 is 2.61 bits per heavy atom. The van der Waals surface area contributed by atoms with Crippen LogP contribution in [0.1, 0.15) is 51.5 Å². The summed E-state index contributed by atoms with van der Waals surface area (Å²) in [6.07, 6.45) is 7.84. The van der Waals surface area contributed by atoms with E-state index in [1.54, 1.807) is 0 Å². The summed E-state index contributed by atoms with van der Waals surface area (Å²) in [6, 6.07) is 0.418. The van der Waals surface area contributed by atoms with Gasteiger partial charge in [0.25, 0.3) is 0 Å². The molecule has 5 heteroatoms. The number of anilines is 2. The minimum Gasteiger partial charge on any atom is -0.367 e. The van der Waals surface area contributed by atoms with Crippen LogP contribution >= 0.6 is 0 Å². The molecule has 0 aromatic carbocycles. The third kappa shape index (κ3) is 4.49. The summed E-state index contributed by atoms with van der Waals surface area (Å²) in [6.45, 7) is 6.37. The molecule has 0 saturated carbocycles. The standard InChI is InChI=1S/C13H25N5/c1-4-5-6-7-8-10(2)17-12-11(3)13(18-14)16-9-15-12/h9-10H,4-8,14H2,1-3H3,(H2,15,16,17,18). The Morgan fingerprint density at radius 2 is 1.94 bits per heavy atom. The number of hydrazine groups is 1. The van der Waals surface area contributed by atoms with E-state index in [1.165, 1.54) is 32.0 Å². The molecule has 0 aliphatic heterocycles. The van der Waals surface area contributed by atoms with Crippen molar-refractivity contribution in [2.45, 2.75) is 58.9 Å². The molecular weight excluding hydrogens is 226 g/mol. The Morgan fingerprint density at radius 1 is 1.22 bits per heavy atom. The molecule has 5 nitrogen and oxygen atoms in total. The van der Waals surface area contributed by atoms with E-state index in [2.05, 4.69) is 34.6 Å². The van der Waals surface area contributed by atoms with Crippen LogP contribution in [0.4, 0.5) is 11.6 Å². The zero-order chi connectivity index (χ0) is 13.4. The summed E-state index contributed by atoms with van der Waals surface area (Å²) in [4.78, 5) is 8.32. The summed E-state index contributed by atoms with van der Waals surface area (Å²) in [5, 5.41) is 3.42. The molecule has 1 aromatic heterocycles. The third-order valence-electron chi connectivity index (χ3n) is 3.09. The van der Waals surface area contributed by atoms with Crippen LogP contribution in [0.25, 0.3) is 0 Å². The summed E-state index contributed by atoms with van der Waals surface area (Å²) >= 11 is 0. The quantitative estimate of drug-likeness (QED) is 0.376. The van der Waals surface area contributed by atoms with Crippen LogP contribution in [0, 0.1) is 6.92 Å². The minimum atomic E-state index is 0.418. The monoisotopic (exact) mass is 251 g/mol. The fourth-order valence-electron chi connectivity index (χ4n) is 1.92. The average molecular weight is 251 g/mol. The maximum atomic E-state index is 5.40. The largest absolute Gasteiger partial charge is 0.367 e. The Hall–Kier alpha value is -1.36. The fourth-order valence-corrected chi connectivity index (χ4v) is 1.92. The second-order valence-corrected chi connectivity index (χ2v) is 4.73. The van der Waals surface area contributed by atoms with Crippen molar-refractivity contribution in [1.29, 1.82) is 0 Å². The molecule has 18 heavy (non-hydrogen) atoms. The molecule has 0 bridgehead atoms. The smallest absolute Gasteiger partial charge is 0.148 e. The Balaban J connectivity index is 2.46. The van der Waals surface area contributed by atoms with Crippen LogP contribution in [0.5, 0.6) is 0 Å². The van der Waals surface area contributed by atoms with Gasteiger partial charge in [-0.25, -0.2) is 15.8 Å². The number of nitrogens with two attached hydrogens (primary N) is 1. The van der Waals surface area contributed by atoms with Crippen LogP contribution in [0.3, 0.4) is 0 Å². The highest BCUT2D eigenvalue weighted by Gasteiger charge is 2.08. The molecule has 1 aromatic rings. The van der Waals surface area contributed by atoms with E-state index < -0.39 is 0 Å². The van der Waals surface area contributed by atoms with Crippen molar-refractivity contribution in [2.24, 2.45) is 5.84 Å². The van der Waals surface area contributed by atoms with Gasteiger partial charge in [-0.3, -0.25) is 0 Å². The number of nitrogens with zero attached hydrogens (tertiary/aromatic N) is 2. The van der Waals surface area contributed by atoms with E-state index in [0.29, 0.717) is 11.9 Å². The summed E-state index contributed by atoms with van der Waals surface area (Å²) in [5.74, 6) is 6.93. The van der Waals surface area contributed by atoms with E-state index >= 15 is 0 Å². The molecule has 102 valence electrons. The number of unbranched alkanes of at least 4 members (excludes halogenated alkanes) is 3. The van der Waals surface area contributed by atoms with Crippen LogP contribution in [0.2, 0.25) is 0 Å². The number of nitrogen functional groups attached to an aromatic ring is 1. The lowest BCUT2D eigenvalue weighted by Gasteiger charge is -2.16. The van der Waals surface area contributed by atoms with E-state index in [9.17, 15) is 0 Å². The van der Waals surface area contributed by atoms with Crippen molar-refractivity contribution in [2.75, 3.05) is 10.7 Å². The van der Waals surface area contributed by atoms with E-state index in [4.69, 9.17) is 5.84 Å². The Kier molecular flexibility index (Phi) is 6.43. The highest BCUT2D eigenvalue weighted by molar-refractivity contribution is 5.56. The molecule has 1 heterocycles.